The van der Waals surface area contributed by atoms with Crippen LogP contribution in [0.3, 0.4) is 0 Å². The first-order valence-electron chi connectivity index (χ1n) is 9.40. The van der Waals surface area contributed by atoms with Crippen LogP contribution in [-0.4, -0.2) is 58.3 Å². The van der Waals surface area contributed by atoms with Crippen molar-refractivity contribution >= 4 is 5.91 Å². The van der Waals surface area contributed by atoms with Crippen molar-refractivity contribution in [1.29, 1.82) is 0 Å². The number of nitrogens with two attached hydrogens (primary N) is 1. The molecule has 1 amide bonds. The summed E-state index contributed by atoms with van der Waals surface area (Å²) in [7, 11) is 0. The molecule has 0 aliphatic heterocycles. The highest BCUT2D eigenvalue weighted by Crippen LogP contribution is 2.06. The van der Waals surface area contributed by atoms with Crippen LogP contribution in [0.25, 0.3) is 0 Å². The highest BCUT2D eigenvalue weighted by molar-refractivity contribution is 5.75. The second-order valence-corrected chi connectivity index (χ2v) is 5.91. The van der Waals surface area contributed by atoms with Gasteiger partial charge in [0.05, 0.1) is 0 Å². The Bertz CT molecular complexity index is 251. The molecule has 0 radical (unpaired) electrons. The Kier molecular flexibility index (Phi) is 18.8. The van der Waals surface area contributed by atoms with E-state index in [1.54, 1.807) is 0 Å². The van der Waals surface area contributed by atoms with E-state index in [4.69, 9.17) is 5.73 Å². The first-order valence-corrected chi connectivity index (χ1v) is 9.40. The number of amides is 1. The molecule has 0 aliphatic carbocycles. The molecule has 138 valence electrons. The van der Waals surface area contributed by atoms with Crippen molar-refractivity contribution in [3.63, 3.8) is 0 Å². The third kappa shape index (κ3) is 19.3. The largest absolute Gasteiger partial charge is 0.355 e. The Morgan fingerprint density at radius 2 is 1.26 bits per heavy atom. The number of carbonyl (C=O) groups excluding carboxylic acids is 1. The van der Waals surface area contributed by atoms with Gasteiger partial charge in [-0.2, -0.15) is 0 Å². The van der Waals surface area contributed by atoms with Crippen LogP contribution in [0.1, 0.15) is 51.9 Å². The molecule has 0 aromatic rings. The van der Waals surface area contributed by atoms with Crippen molar-refractivity contribution < 1.29 is 4.79 Å². The first kappa shape index (κ1) is 22.3. The van der Waals surface area contributed by atoms with Crippen molar-refractivity contribution in [2.75, 3.05) is 52.4 Å². The monoisotopic (exact) mass is 329 g/mol. The second-order valence-electron chi connectivity index (χ2n) is 5.91. The lowest BCUT2D eigenvalue weighted by Crippen LogP contribution is -2.36. The molecule has 0 bridgehead atoms. The molecule has 23 heavy (non-hydrogen) atoms. The number of hydrogen-bond donors (Lipinski definition) is 5. The van der Waals surface area contributed by atoms with Crippen molar-refractivity contribution in [2.45, 2.75) is 51.9 Å². The number of carbonyl (C=O) groups is 1. The number of rotatable bonds is 18. The third-order valence-corrected chi connectivity index (χ3v) is 3.66. The van der Waals surface area contributed by atoms with Crippen molar-refractivity contribution in [2.24, 2.45) is 5.73 Å². The van der Waals surface area contributed by atoms with E-state index in [2.05, 4.69) is 28.2 Å². The summed E-state index contributed by atoms with van der Waals surface area (Å²) in [4.78, 5) is 11.6. The molecular weight excluding hydrogens is 290 g/mol. The Morgan fingerprint density at radius 3 is 1.87 bits per heavy atom. The minimum absolute atomic E-state index is 0.186. The molecule has 0 aromatic carbocycles. The fourth-order valence-corrected chi connectivity index (χ4v) is 2.28. The minimum Gasteiger partial charge on any atom is -0.355 e. The molecule has 0 aliphatic rings. The zero-order valence-electron chi connectivity index (χ0n) is 15.1. The van der Waals surface area contributed by atoms with Gasteiger partial charge in [0.1, 0.15) is 0 Å². The smallest absolute Gasteiger partial charge is 0.220 e. The molecule has 6 N–H and O–H groups in total. The molecule has 0 saturated carbocycles. The van der Waals surface area contributed by atoms with E-state index in [0.717, 1.165) is 45.7 Å². The molecule has 0 saturated heterocycles. The summed E-state index contributed by atoms with van der Waals surface area (Å²) >= 11 is 0. The van der Waals surface area contributed by atoms with E-state index >= 15 is 0 Å². The van der Waals surface area contributed by atoms with Crippen molar-refractivity contribution in [1.82, 2.24) is 21.3 Å². The average molecular weight is 330 g/mol. The summed E-state index contributed by atoms with van der Waals surface area (Å²) in [5, 5.41) is 12.9. The van der Waals surface area contributed by atoms with Crippen LogP contribution < -0.4 is 27.0 Å². The van der Waals surface area contributed by atoms with Crippen LogP contribution in [0, 0.1) is 0 Å². The van der Waals surface area contributed by atoms with Gasteiger partial charge in [0.2, 0.25) is 5.91 Å². The lowest BCUT2D eigenvalue weighted by molar-refractivity contribution is -0.121. The molecule has 0 aromatic heterocycles. The number of hydrogen-bond acceptors (Lipinski definition) is 5. The average Bonchev–Trinajstić information content (AvgIpc) is 2.56. The van der Waals surface area contributed by atoms with Gasteiger partial charge in [-0.05, 0) is 6.42 Å². The topological polar surface area (TPSA) is 91.2 Å². The molecule has 0 fully saturated rings. The second kappa shape index (κ2) is 19.4. The molecular formula is C17H39N5O. The highest BCUT2D eigenvalue weighted by Gasteiger charge is 2.00. The predicted molar refractivity (Wildman–Crippen MR) is 98.7 cm³/mol. The predicted octanol–water partition coefficient (Wildman–Crippen LogP) is 0.581. The maximum absolute atomic E-state index is 11.6. The first-order chi connectivity index (χ1) is 11.3. The van der Waals surface area contributed by atoms with Crippen LogP contribution in [0.5, 0.6) is 0 Å². The maximum Gasteiger partial charge on any atom is 0.220 e. The van der Waals surface area contributed by atoms with Gasteiger partial charge in [-0.25, -0.2) is 0 Å². The van der Waals surface area contributed by atoms with Gasteiger partial charge in [-0.1, -0.05) is 39.0 Å². The van der Waals surface area contributed by atoms with E-state index in [0.29, 0.717) is 19.5 Å². The number of nitrogens with one attached hydrogen (secondary N) is 4. The van der Waals surface area contributed by atoms with Gasteiger partial charge in [0.15, 0.2) is 0 Å². The molecule has 6 nitrogen and oxygen atoms in total. The van der Waals surface area contributed by atoms with E-state index in [1.807, 2.05) is 0 Å². The van der Waals surface area contributed by atoms with Crippen LogP contribution in [0.15, 0.2) is 0 Å². The summed E-state index contributed by atoms with van der Waals surface area (Å²) in [5.41, 5.74) is 5.39. The summed E-state index contributed by atoms with van der Waals surface area (Å²) in [6.45, 7) is 9.09. The molecule has 0 unspecified atom stereocenters. The zero-order chi connectivity index (χ0) is 17.0. The van der Waals surface area contributed by atoms with Crippen LogP contribution in [-0.2, 0) is 4.79 Å². The molecule has 6 heteroatoms. The van der Waals surface area contributed by atoms with E-state index in [-0.39, 0.29) is 5.91 Å². The van der Waals surface area contributed by atoms with E-state index < -0.39 is 0 Å². The van der Waals surface area contributed by atoms with Crippen LogP contribution >= 0.6 is 0 Å². The van der Waals surface area contributed by atoms with Crippen LogP contribution in [0.2, 0.25) is 0 Å². The zero-order valence-corrected chi connectivity index (χ0v) is 15.1. The van der Waals surface area contributed by atoms with Gasteiger partial charge < -0.3 is 27.0 Å². The van der Waals surface area contributed by atoms with Crippen LogP contribution in [0.4, 0.5) is 0 Å². The fraction of sp³-hybridized carbons (Fsp3) is 0.941. The van der Waals surface area contributed by atoms with Gasteiger partial charge >= 0.3 is 0 Å². The summed E-state index contributed by atoms with van der Waals surface area (Å²) in [6.07, 6.45) is 8.02. The van der Waals surface area contributed by atoms with Crippen molar-refractivity contribution in [3.05, 3.63) is 0 Å². The molecule has 0 heterocycles. The van der Waals surface area contributed by atoms with Gasteiger partial charge in [-0.3, -0.25) is 4.79 Å². The molecule has 0 atom stereocenters. The molecule has 0 rings (SSSR count). The van der Waals surface area contributed by atoms with E-state index in [1.165, 1.54) is 32.1 Å². The maximum atomic E-state index is 11.6. The summed E-state index contributed by atoms with van der Waals surface area (Å²) in [5.74, 6) is 0.186. The Labute approximate surface area is 142 Å². The Balaban J connectivity index is 3.11. The lowest BCUT2D eigenvalue weighted by Gasteiger charge is -2.08. The fourth-order valence-electron chi connectivity index (χ4n) is 2.28. The van der Waals surface area contributed by atoms with E-state index in [9.17, 15) is 4.79 Å². The molecule has 0 spiro atoms. The quantitative estimate of drug-likeness (QED) is 0.237. The van der Waals surface area contributed by atoms with Gasteiger partial charge in [0, 0.05) is 58.8 Å². The highest BCUT2D eigenvalue weighted by atomic mass is 16.1. The SMILES string of the molecule is CCCCCCCCC(=O)NCCNCCNCCNCCN. The Hall–Kier alpha value is -0.690. The number of unbranched alkanes of at least 4 members (excludes halogenated alkanes) is 5. The summed E-state index contributed by atoms with van der Waals surface area (Å²) in [6, 6.07) is 0. The normalized spacial score (nSPS) is 10.9. The standard InChI is InChI=1S/C17H39N5O/c1-2-3-4-5-6-7-8-17(23)22-16-15-21-14-13-20-12-11-19-10-9-18/h19-21H,2-16,18H2,1H3,(H,22,23). The summed E-state index contributed by atoms with van der Waals surface area (Å²) < 4.78 is 0. The van der Waals surface area contributed by atoms with Crippen molar-refractivity contribution in [3.8, 4) is 0 Å². The van der Waals surface area contributed by atoms with Gasteiger partial charge in [-0.15, -0.1) is 0 Å². The minimum atomic E-state index is 0.186. The third-order valence-electron chi connectivity index (χ3n) is 3.66. The lowest BCUT2D eigenvalue weighted by atomic mass is 10.1. The Morgan fingerprint density at radius 1 is 0.739 bits per heavy atom. The van der Waals surface area contributed by atoms with Gasteiger partial charge in [0.25, 0.3) is 0 Å².